The largest absolute Gasteiger partial charge is 0.375 e. The molecule has 2 aromatic carbocycles. The number of amides is 3. The molecule has 0 saturated carbocycles. The van der Waals surface area contributed by atoms with Gasteiger partial charge in [0.2, 0.25) is 0 Å². The molecule has 2 unspecified atom stereocenters. The number of aromatic amines is 1. The van der Waals surface area contributed by atoms with Gasteiger partial charge in [-0.05, 0) is 29.8 Å². The van der Waals surface area contributed by atoms with Crippen molar-refractivity contribution in [3.05, 3.63) is 69.6 Å². The number of aromatic nitrogens is 2. The van der Waals surface area contributed by atoms with Crippen LogP contribution >= 0.6 is 0 Å². The highest BCUT2D eigenvalue weighted by Gasteiger charge is 2.50. The third-order valence-electron chi connectivity index (χ3n) is 6.52. The number of urea groups is 1. The highest BCUT2D eigenvalue weighted by molar-refractivity contribution is 6.04. The first-order valence-electron chi connectivity index (χ1n) is 10.5. The van der Waals surface area contributed by atoms with Crippen molar-refractivity contribution >= 4 is 28.4 Å². The number of carbonyl (C=O) groups excluding carboxylic acids is 2. The number of hydrogen-bond acceptors (Lipinski definition) is 6. The Labute approximate surface area is 185 Å². The summed E-state index contributed by atoms with van der Waals surface area (Å²) in [5.74, 6) is -1.47. The van der Waals surface area contributed by atoms with E-state index in [0.29, 0.717) is 29.7 Å². The third-order valence-corrected chi connectivity index (χ3v) is 6.52. The molecule has 6 rings (SSSR count). The number of carbonyl (C=O) groups is 2. The first-order valence-corrected chi connectivity index (χ1v) is 10.5. The van der Waals surface area contributed by atoms with Crippen LogP contribution in [0, 0.1) is 11.6 Å². The van der Waals surface area contributed by atoms with Gasteiger partial charge in [0.05, 0.1) is 23.2 Å². The predicted octanol–water partition coefficient (Wildman–Crippen LogP) is 1.65. The van der Waals surface area contributed by atoms with Crippen molar-refractivity contribution in [2.24, 2.45) is 0 Å². The van der Waals surface area contributed by atoms with Gasteiger partial charge in [-0.25, -0.2) is 18.7 Å². The topological polar surface area (TPSA) is 110 Å². The Morgan fingerprint density at radius 2 is 1.76 bits per heavy atom. The van der Waals surface area contributed by atoms with Crippen molar-refractivity contribution in [1.29, 1.82) is 0 Å². The van der Waals surface area contributed by atoms with Crippen molar-refractivity contribution in [1.82, 2.24) is 25.3 Å². The van der Waals surface area contributed by atoms with Crippen LogP contribution in [-0.4, -0.2) is 57.6 Å². The molecule has 3 aromatic rings. The SMILES string of the molecule is O=C1CN(C2CNC2)C(=O)N1C1c2n[nH]c(=O)c3cc(F)cc(c23)NC1c1ccc(F)cc1. The van der Waals surface area contributed by atoms with E-state index in [1.165, 1.54) is 35.2 Å². The molecule has 3 amide bonds. The van der Waals surface area contributed by atoms with E-state index in [0.717, 1.165) is 11.0 Å². The highest BCUT2D eigenvalue weighted by atomic mass is 19.1. The number of imide groups is 1. The van der Waals surface area contributed by atoms with E-state index < -0.39 is 41.2 Å². The second-order valence-electron chi connectivity index (χ2n) is 8.42. The zero-order valence-electron chi connectivity index (χ0n) is 17.1. The van der Waals surface area contributed by atoms with Crippen LogP contribution in [0.15, 0.2) is 41.2 Å². The molecule has 3 aliphatic rings. The van der Waals surface area contributed by atoms with Gasteiger partial charge in [-0.1, -0.05) is 12.1 Å². The summed E-state index contributed by atoms with van der Waals surface area (Å²) in [6, 6.07) is 5.71. The average Bonchev–Trinajstić information content (AvgIpc) is 3.03. The number of rotatable bonds is 3. The quantitative estimate of drug-likeness (QED) is 0.522. The molecule has 2 saturated heterocycles. The molecule has 0 bridgehead atoms. The summed E-state index contributed by atoms with van der Waals surface area (Å²) in [7, 11) is 0. The first kappa shape index (κ1) is 19.8. The minimum Gasteiger partial charge on any atom is -0.375 e. The van der Waals surface area contributed by atoms with Crippen molar-refractivity contribution in [3.63, 3.8) is 0 Å². The molecule has 3 N–H and O–H groups in total. The minimum absolute atomic E-state index is 0.0594. The Morgan fingerprint density at radius 3 is 2.45 bits per heavy atom. The molecule has 3 aliphatic heterocycles. The van der Waals surface area contributed by atoms with Crippen molar-refractivity contribution < 1.29 is 18.4 Å². The van der Waals surface area contributed by atoms with Crippen LogP contribution in [0.3, 0.4) is 0 Å². The van der Waals surface area contributed by atoms with Gasteiger partial charge < -0.3 is 15.5 Å². The molecule has 33 heavy (non-hydrogen) atoms. The molecule has 2 atom stereocenters. The number of nitrogens with zero attached hydrogens (tertiary/aromatic N) is 3. The number of H-pyrrole nitrogens is 1. The van der Waals surface area contributed by atoms with Crippen LogP contribution in [0.4, 0.5) is 19.3 Å². The Morgan fingerprint density at radius 1 is 1.00 bits per heavy atom. The van der Waals surface area contributed by atoms with Gasteiger partial charge in [-0.2, -0.15) is 5.10 Å². The van der Waals surface area contributed by atoms with Crippen molar-refractivity contribution in [2.75, 3.05) is 25.0 Å². The zero-order valence-corrected chi connectivity index (χ0v) is 17.1. The summed E-state index contributed by atoms with van der Waals surface area (Å²) in [6.07, 6.45) is 0. The molecular formula is C22H18F2N6O3. The molecule has 11 heteroatoms. The second-order valence-corrected chi connectivity index (χ2v) is 8.42. The number of hydrogen-bond donors (Lipinski definition) is 3. The van der Waals surface area contributed by atoms with E-state index in [2.05, 4.69) is 20.8 Å². The average molecular weight is 452 g/mol. The van der Waals surface area contributed by atoms with Crippen LogP contribution in [0.1, 0.15) is 23.3 Å². The van der Waals surface area contributed by atoms with E-state index in [-0.39, 0.29) is 23.7 Å². The predicted molar refractivity (Wildman–Crippen MR) is 113 cm³/mol. The van der Waals surface area contributed by atoms with Gasteiger partial charge >= 0.3 is 6.03 Å². The van der Waals surface area contributed by atoms with Gasteiger partial charge in [-0.3, -0.25) is 14.5 Å². The lowest BCUT2D eigenvalue weighted by atomic mass is 9.88. The van der Waals surface area contributed by atoms with Crippen molar-refractivity contribution in [3.8, 4) is 0 Å². The standard InChI is InChI=1S/C22H18F2N6O3/c23-11-3-1-10(2-4-11)18-20(30-16(31)9-29(22(30)33)13-7-25-8-13)19-17-14(21(32)28-27-19)5-12(24)6-15(17)26-18/h1-6,13,18,20,25-26H,7-9H2,(H,28,32). The number of halogens is 2. The molecule has 168 valence electrons. The summed E-state index contributed by atoms with van der Waals surface area (Å²) in [5.41, 5.74) is 0.560. The first-order chi connectivity index (χ1) is 15.9. The van der Waals surface area contributed by atoms with Gasteiger partial charge in [-0.15, -0.1) is 0 Å². The minimum atomic E-state index is -0.939. The molecular weight excluding hydrogens is 434 g/mol. The summed E-state index contributed by atoms with van der Waals surface area (Å²) >= 11 is 0. The van der Waals surface area contributed by atoms with Crippen LogP contribution in [0.2, 0.25) is 0 Å². The maximum atomic E-state index is 14.3. The number of nitrogens with one attached hydrogen (secondary N) is 3. The Kier molecular flexibility index (Phi) is 4.24. The molecule has 0 radical (unpaired) electrons. The van der Waals surface area contributed by atoms with Crippen molar-refractivity contribution in [2.45, 2.75) is 18.1 Å². The van der Waals surface area contributed by atoms with Crippen LogP contribution < -0.4 is 16.2 Å². The van der Waals surface area contributed by atoms with Crippen LogP contribution in [-0.2, 0) is 4.79 Å². The summed E-state index contributed by atoms with van der Waals surface area (Å²) in [4.78, 5) is 41.6. The maximum Gasteiger partial charge on any atom is 0.328 e. The summed E-state index contributed by atoms with van der Waals surface area (Å²) in [5, 5.41) is 13.2. The maximum absolute atomic E-state index is 14.3. The van der Waals surface area contributed by atoms with Crippen LogP contribution in [0.5, 0.6) is 0 Å². The van der Waals surface area contributed by atoms with E-state index in [4.69, 9.17) is 0 Å². The van der Waals surface area contributed by atoms with Gasteiger partial charge in [0.1, 0.15) is 24.2 Å². The number of benzene rings is 2. The Hall–Kier alpha value is -3.86. The van der Waals surface area contributed by atoms with E-state index >= 15 is 0 Å². The van der Waals surface area contributed by atoms with Crippen LogP contribution in [0.25, 0.3) is 10.8 Å². The molecule has 4 heterocycles. The lowest BCUT2D eigenvalue weighted by Crippen LogP contribution is -2.58. The van der Waals surface area contributed by atoms with E-state index in [9.17, 15) is 23.2 Å². The smallest absolute Gasteiger partial charge is 0.328 e. The number of anilines is 1. The van der Waals surface area contributed by atoms with Gasteiger partial charge in [0.15, 0.2) is 0 Å². The second kappa shape index (κ2) is 7.07. The fourth-order valence-electron chi connectivity index (χ4n) is 4.82. The Balaban J connectivity index is 1.55. The van der Waals surface area contributed by atoms with Gasteiger partial charge in [0.25, 0.3) is 11.5 Å². The zero-order chi connectivity index (χ0) is 22.9. The van der Waals surface area contributed by atoms with E-state index in [1.807, 2.05) is 0 Å². The van der Waals surface area contributed by atoms with E-state index in [1.54, 1.807) is 0 Å². The Bertz CT molecular complexity index is 1370. The fraction of sp³-hybridized carbons (Fsp3) is 0.273. The molecule has 2 fully saturated rings. The molecule has 0 aliphatic carbocycles. The summed E-state index contributed by atoms with van der Waals surface area (Å²) < 4.78 is 27.9. The lowest BCUT2D eigenvalue weighted by Gasteiger charge is -2.39. The summed E-state index contributed by atoms with van der Waals surface area (Å²) in [6.45, 7) is 1.13. The monoisotopic (exact) mass is 452 g/mol. The lowest BCUT2D eigenvalue weighted by molar-refractivity contribution is -0.127. The molecule has 0 spiro atoms. The molecule has 9 nitrogen and oxygen atoms in total. The third kappa shape index (κ3) is 2.92. The normalized spacial score (nSPS) is 22.6. The fourth-order valence-corrected chi connectivity index (χ4v) is 4.82. The molecule has 1 aromatic heterocycles. The van der Waals surface area contributed by atoms with Gasteiger partial charge in [0, 0.05) is 24.2 Å². The highest BCUT2D eigenvalue weighted by Crippen LogP contribution is 2.46.